The monoisotopic (exact) mass is 1370 g/mol. The lowest BCUT2D eigenvalue weighted by atomic mass is 9.98. The number of hydrogen-bond acceptors (Lipinski definition) is 17. The van der Waals surface area contributed by atoms with Crippen molar-refractivity contribution in [2.45, 2.75) is 190 Å². The molecule has 3 heterocycles. The number of hydrogen-bond donors (Lipinski definition) is 13. The zero-order valence-electron chi connectivity index (χ0n) is 55.1. The SMILES string of the molecule is C[C@@H](O)[C@@H]1NC(=O)[C@H](CCCCN)NC(=O)[C@@H](Cc2c[nH]c3ccccc23)NC(=O)[C@H](Cc2ccccc2)NC(=O)[C@@H](NC(=O)[C@H](Cc2ccccc2)NC(=O)Cn2nnc3c2CCCCCC3OCCCCCC[C]2[CH][CH][CH][CH]2)CSSC[C@@H](C(=O)N[C@H](CO)[C@@H](C)O)NC1=O. The molecular formula is C70H94N13O12S2. The van der Waals surface area contributed by atoms with Crippen LogP contribution in [0.5, 0.6) is 0 Å². The number of aromatic nitrogens is 4. The molecule has 3 aliphatic rings. The van der Waals surface area contributed by atoms with Crippen molar-refractivity contribution in [2.24, 2.45) is 5.73 Å². The number of ether oxygens (including phenoxy) is 1. The van der Waals surface area contributed by atoms with Crippen molar-refractivity contribution in [3.63, 3.8) is 0 Å². The summed E-state index contributed by atoms with van der Waals surface area (Å²) in [5.74, 6) is -5.71. The lowest BCUT2D eigenvalue weighted by Crippen LogP contribution is -2.62. The first-order chi connectivity index (χ1) is 47.0. The Morgan fingerprint density at radius 3 is 2.11 bits per heavy atom. The van der Waals surface area contributed by atoms with Crippen LogP contribution in [0.3, 0.4) is 0 Å². The number of nitrogens with one attached hydrogen (secondary N) is 9. The van der Waals surface area contributed by atoms with Crippen molar-refractivity contribution < 1.29 is 58.4 Å². The number of carbonyl (C=O) groups excluding carboxylic acids is 8. The predicted molar refractivity (Wildman–Crippen MR) is 370 cm³/mol. The maximum atomic E-state index is 15.3. The van der Waals surface area contributed by atoms with Crippen molar-refractivity contribution in [3.8, 4) is 0 Å². The molecular weight excluding hydrogens is 1280 g/mol. The normalized spacial score (nSPS) is 22.6. The third-order valence-electron chi connectivity index (χ3n) is 17.4. The summed E-state index contributed by atoms with van der Waals surface area (Å²) >= 11 is 0. The van der Waals surface area contributed by atoms with Gasteiger partial charge in [-0.1, -0.05) is 138 Å². The Hall–Kier alpha value is -7.40. The Bertz CT molecular complexity index is 3330. The molecule has 5 aromatic rings. The molecule has 2 aliphatic carbocycles. The second-order valence-corrected chi connectivity index (χ2v) is 27.5. The first-order valence-corrected chi connectivity index (χ1v) is 36.2. The van der Waals surface area contributed by atoms with Gasteiger partial charge in [-0.15, -0.1) is 5.10 Å². The van der Waals surface area contributed by atoms with Crippen LogP contribution in [0.4, 0.5) is 0 Å². The number of amides is 8. The number of H-pyrrole nitrogens is 1. The molecule has 1 saturated heterocycles. The van der Waals surface area contributed by atoms with Gasteiger partial charge < -0.3 is 73.3 Å². The van der Waals surface area contributed by atoms with E-state index in [9.17, 15) is 39.3 Å². The summed E-state index contributed by atoms with van der Waals surface area (Å²) < 4.78 is 8.04. The second kappa shape index (κ2) is 39.3. The van der Waals surface area contributed by atoms with E-state index in [2.05, 4.69) is 83.5 Å². The largest absolute Gasteiger partial charge is 0.394 e. The second-order valence-electron chi connectivity index (χ2n) is 25.0. The van der Waals surface area contributed by atoms with Gasteiger partial charge in [0.2, 0.25) is 47.3 Å². The number of unbranched alkanes of at least 4 members (excludes halogenated alkanes) is 4. The summed E-state index contributed by atoms with van der Waals surface area (Å²) in [5, 5.41) is 63.5. The number of fused-ring (bicyclic) bond motifs is 2. The molecule has 0 spiro atoms. The van der Waals surface area contributed by atoms with Gasteiger partial charge in [0.25, 0.3) is 0 Å². The van der Waals surface area contributed by atoms with Gasteiger partial charge in [-0.25, -0.2) is 4.68 Å². The van der Waals surface area contributed by atoms with Crippen molar-refractivity contribution in [2.75, 3.05) is 31.3 Å². The van der Waals surface area contributed by atoms with E-state index in [1.165, 1.54) is 19.8 Å². The number of carbonyl (C=O) groups is 8. The van der Waals surface area contributed by atoms with Crippen LogP contribution >= 0.6 is 21.6 Å². The zero-order chi connectivity index (χ0) is 69.1. The lowest BCUT2D eigenvalue weighted by Gasteiger charge is -2.29. The van der Waals surface area contributed by atoms with Crippen molar-refractivity contribution >= 4 is 79.7 Å². The Morgan fingerprint density at radius 2 is 1.39 bits per heavy atom. The number of aliphatic hydroxyl groups is 3. The van der Waals surface area contributed by atoms with Crippen LogP contribution in [-0.4, -0.2) is 174 Å². The number of nitrogens with two attached hydrogens (primary N) is 1. The summed E-state index contributed by atoms with van der Waals surface area (Å²) in [7, 11) is 2.00. The van der Waals surface area contributed by atoms with Crippen LogP contribution < -0.4 is 48.3 Å². The zero-order valence-corrected chi connectivity index (χ0v) is 56.8. The van der Waals surface area contributed by atoms with Crippen LogP contribution in [0.15, 0.2) is 91.1 Å². The summed E-state index contributed by atoms with van der Waals surface area (Å²) in [4.78, 5) is 121. The molecule has 2 aromatic heterocycles. The quantitative estimate of drug-likeness (QED) is 0.0253. The van der Waals surface area contributed by atoms with Gasteiger partial charge in [0.05, 0.1) is 30.6 Å². The molecule has 27 heteroatoms. The Morgan fingerprint density at radius 1 is 0.722 bits per heavy atom. The number of aromatic amines is 1. The number of para-hydroxylation sites is 1. The highest BCUT2D eigenvalue weighted by molar-refractivity contribution is 8.76. The third-order valence-corrected chi connectivity index (χ3v) is 19.8. The average Bonchev–Trinajstić information content (AvgIpc) is 1.73. The van der Waals surface area contributed by atoms with E-state index in [1.807, 2.05) is 30.3 Å². The maximum absolute atomic E-state index is 15.3. The van der Waals surface area contributed by atoms with E-state index in [0.29, 0.717) is 48.3 Å². The predicted octanol–water partition coefficient (Wildman–Crippen LogP) is 3.17. The van der Waals surface area contributed by atoms with E-state index in [0.717, 1.165) is 96.0 Å². The van der Waals surface area contributed by atoms with E-state index in [4.69, 9.17) is 10.5 Å². The fourth-order valence-corrected chi connectivity index (χ4v) is 14.2. The van der Waals surface area contributed by atoms with E-state index in [-0.39, 0.29) is 56.4 Å². The van der Waals surface area contributed by atoms with E-state index >= 15 is 14.4 Å². The molecule has 2 fully saturated rings. The van der Waals surface area contributed by atoms with E-state index in [1.54, 1.807) is 65.5 Å². The van der Waals surface area contributed by atoms with E-state index < -0.39 is 114 Å². The van der Waals surface area contributed by atoms with Crippen molar-refractivity contribution in [1.29, 1.82) is 0 Å². The van der Waals surface area contributed by atoms with Gasteiger partial charge in [0.1, 0.15) is 60.6 Å². The standard InChI is InChI=1S/C70H94N13O12S2/c1-44(85)56(41-84)77-69(93)58-43-97-96-42-57(78-65(89)53(36-47-25-9-5-10-26-47)73-61(87)40-83-59-32-13-7-14-33-60(63(59)81-82-83)95-35-21-4-3-8-22-46-23-15-16-24-46)68(92)75-54(37-48-27-11-6-12-28-48)66(90)76-55(38-49-39-72-51-30-18-17-29-50(49)51)67(91)74-52(31-19-20-34-71)64(88)80-62(45(2)86)70(94)79-58/h5-6,9-12,15-18,23-30,39,44-45,52-58,60,62,72,84-86H,3-4,7-8,13-14,19-22,31-38,40-43,71H2,1-2H3,(H,73,87)(H,74,91)(H,75,92)(H,76,90)(H,77,93)(H,78,89)(H,79,94)(H,80,88)/t44-,45-,52+,53+,54+,55-,56-,57+,58+,60?,62+/m1/s1. The fourth-order valence-electron chi connectivity index (χ4n) is 11.9. The van der Waals surface area contributed by atoms with Gasteiger partial charge >= 0.3 is 0 Å². The highest BCUT2D eigenvalue weighted by Gasteiger charge is 2.38. The first-order valence-electron chi connectivity index (χ1n) is 33.7. The minimum atomic E-state index is -1.71. The summed E-state index contributed by atoms with van der Waals surface area (Å²) in [6, 6.07) is 13.8. The van der Waals surface area contributed by atoms with Crippen LogP contribution in [0.25, 0.3) is 10.9 Å². The summed E-state index contributed by atoms with van der Waals surface area (Å²) in [6.45, 7) is 2.44. The minimum absolute atomic E-state index is 0.00455. The molecule has 8 amide bonds. The fraction of sp³-hybridized carbons (Fsp3) is 0.500. The summed E-state index contributed by atoms with van der Waals surface area (Å²) in [6.07, 6.45) is 16.8. The smallest absolute Gasteiger partial charge is 0.245 e. The van der Waals surface area contributed by atoms with Crippen LogP contribution in [0.1, 0.15) is 125 Å². The molecule has 523 valence electrons. The number of nitrogens with zero attached hydrogens (tertiary/aromatic N) is 3. The van der Waals surface area contributed by atoms with Crippen LogP contribution in [0, 0.1) is 31.6 Å². The van der Waals surface area contributed by atoms with Crippen LogP contribution in [-0.2, 0) is 75.3 Å². The Labute approximate surface area is 575 Å². The first kappa shape index (κ1) is 75.4. The molecule has 5 radical (unpaired) electrons. The average molecular weight is 1370 g/mol. The lowest BCUT2D eigenvalue weighted by molar-refractivity contribution is -0.136. The highest BCUT2D eigenvalue weighted by Crippen LogP contribution is 2.31. The number of rotatable bonds is 28. The topological polar surface area (TPSA) is 375 Å². The van der Waals surface area contributed by atoms with Gasteiger partial charge in [0, 0.05) is 54.5 Å². The number of aliphatic hydroxyl groups excluding tert-OH is 3. The van der Waals surface area contributed by atoms with Crippen molar-refractivity contribution in [1.82, 2.24) is 62.5 Å². The van der Waals surface area contributed by atoms with Crippen LogP contribution in [0.2, 0.25) is 0 Å². The third kappa shape index (κ3) is 23.4. The molecule has 8 rings (SSSR count). The Balaban J connectivity index is 1.09. The minimum Gasteiger partial charge on any atom is -0.394 e. The Kier molecular flexibility index (Phi) is 30.5. The molecule has 1 saturated carbocycles. The molecule has 3 aromatic carbocycles. The molecule has 0 bridgehead atoms. The molecule has 1 unspecified atom stereocenters. The van der Waals surface area contributed by atoms with Gasteiger partial charge in [-0.05, 0) is 126 Å². The number of benzene rings is 3. The molecule has 97 heavy (non-hydrogen) atoms. The van der Waals surface area contributed by atoms with Crippen molar-refractivity contribution in [3.05, 3.63) is 151 Å². The van der Waals surface area contributed by atoms with Gasteiger partial charge in [-0.2, -0.15) is 0 Å². The highest BCUT2D eigenvalue weighted by atomic mass is 33.1. The summed E-state index contributed by atoms with van der Waals surface area (Å²) in [5.41, 5.74) is 10.00. The molecule has 25 nitrogen and oxygen atoms in total. The molecule has 1 aliphatic heterocycles. The molecule has 14 N–H and O–H groups in total. The van der Waals surface area contributed by atoms with Gasteiger partial charge in [0.15, 0.2) is 0 Å². The molecule has 11 atom stereocenters. The van der Waals surface area contributed by atoms with Gasteiger partial charge in [-0.3, -0.25) is 38.4 Å². The maximum Gasteiger partial charge on any atom is 0.245 e.